The number of carbonyl (C=O) groups excluding carboxylic acids is 1. The van der Waals surface area contributed by atoms with Gasteiger partial charge in [0.25, 0.3) is 11.7 Å². The number of quaternary nitrogens is 1. The standard InChI is InChI=1S/C19H21F3N4O/c1-14(18(27)24-16-7-5-15(6-8-16)19(20,21)22)25-10-12-26(13-11-25)17-4-2-3-9-23-17/h2-9,14H,10-13H2,1H3,(H,24,27)/p+2/t14-/m0/s1. The number of rotatable bonds is 4. The summed E-state index contributed by atoms with van der Waals surface area (Å²) in [6.45, 7) is 5.12. The number of carbonyl (C=O) groups is 1. The van der Waals surface area contributed by atoms with E-state index in [0.29, 0.717) is 5.69 Å². The second kappa shape index (κ2) is 7.96. The lowest BCUT2D eigenvalue weighted by Gasteiger charge is -2.31. The summed E-state index contributed by atoms with van der Waals surface area (Å²) in [6, 6.07) is 10.2. The Balaban J connectivity index is 1.54. The minimum atomic E-state index is -4.38. The second-order valence-corrected chi connectivity index (χ2v) is 6.68. The summed E-state index contributed by atoms with van der Waals surface area (Å²) in [5, 5.41) is 2.71. The monoisotopic (exact) mass is 380 g/mol. The molecular formula is C19H23F3N4O+2. The quantitative estimate of drug-likeness (QED) is 0.839. The predicted octanol–water partition coefficient (Wildman–Crippen LogP) is 1.25. The molecule has 8 heteroatoms. The third kappa shape index (κ3) is 4.77. The molecule has 0 bridgehead atoms. The highest BCUT2D eigenvalue weighted by molar-refractivity contribution is 5.93. The van der Waals surface area contributed by atoms with Crippen molar-refractivity contribution in [1.29, 1.82) is 0 Å². The lowest BCUT2D eigenvalue weighted by Crippen LogP contribution is -3.19. The highest BCUT2D eigenvalue weighted by Gasteiger charge is 2.33. The number of benzene rings is 1. The van der Waals surface area contributed by atoms with Gasteiger partial charge in [0.15, 0.2) is 6.04 Å². The average molecular weight is 380 g/mol. The number of nitrogens with zero attached hydrogens (tertiary/aromatic N) is 1. The van der Waals surface area contributed by atoms with E-state index in [1.165, 1.54) is 12.1 Å². The summed E-state index contributed by atoms with van der Waals surface area (Å²) in [4.78, 5) is 19.1. The number of pyridine rings is 1. The Kier molecular flexibility index (Phi) is 5.65. The van der Waals surface area contributed by atoms with Gasteiger partial charge in [0.1, 0.15) is 26.2 Å². The van der Waals surface area contributed by atoms with Gasteiger partial charge in [-0.05, 0) is 37.3 Å². The minimum Gasteiger partial charge on any atom is -0.321 e. The van der Waals surface area contributed by atoms with E-state index in [9.17, 15) is 18.0 Å². The summed E-state index contributed by atoms with van der Waals surface area (Å²) < 4.78 is 37.8. The van der Waals surface area contributed by atoms with Crippen LogP contribution in [0.4, 0.5) is 24.7 Å². The van der Waals surface area contributed by atoms with Crippen LogP contribution in [-0.2, 0) is 11.0 Å². The Morgan fingerprint density at radius 3 is 2.37 bits per heavy atom. The Bertz CT molecular complexity index is 757. The maximum atomic E-state index is 12.6. The summed E-state index contributed by atoms with van der Waals surface area (Å²) in [5.41, 5.74) is -0.357. The van der Waals surface area contributed by atoms with Crippen LogP contribution in [0.3, 0.4) is 0 Å². The molecule has 0 saturated carbocycles. The molecule has 3 rings (SSSR count). The molecule has 1 saturated heterocycles. The van der Waals surface area contributed by atoms with Crippen LogP contribution >= 0.6 is 0 Å². The molecule has 2 aromatic rings. The molecule has 1 fully saturated rings. The third-order valence-electron chi connectivity index (χ3n) is 4.92. The van der Waals surface area contributed by atoms with Crippen molar-refractivity contribution >= 4 is 17.4 Å². The molecule has 0 spiro atoms. The summed E-state index contributed by atoms with van der Waals surface area (Å²) in [5.74, 6) is 0.864. The van der Waals surface area contributed by atoms with Crippen LogP contribution in [0, 0.1) is 0 Å². The van der Waals surface area contributed by atoms with E-state index in [-0.39, 0.29) is 11.9 Å². The largest absolute Gasteiger partial charge is 0.416 e. The van der Waals surface area contributed by atoms with Gasteiger partial charge in [0, 0.05) is 11.8 Å². The van der Waals surface area contributed by atoms with Gasteiger partial charge in [-0.25, -0.2) is 4.98 Å². The number of anilines is 2. The van der Waals surface area contributed by atoms with Gasteiger partial charge in [-0.15, -0.1) is 0 Å². The van der Waals surface area contributed by atoms with E-state index >= 15 is 0 Å². The number of halogens is 3. The van der Waals surface area contributed by atoms with Gasteiger partial charge in [-0.1, -0.05) is 6.07 Å². The maximum Gasteiger partial charge on any atom is 0.416 e. The summed E-state index contributed by atoms with van der Waals surface area (Å²) in [6.07, 6.45) is -2.50. The summed E-state index contributed by atoms with van der Waals surface area (Å²) in [7, 11) is 0. The predicted molar refractivity (Wildman–Crippen MR) is 95.4 cm³/mol. The van der Waals surface area contributed by atoms with Crippen LogP contribution in [-0.4, -0.2) is 38.1 Å². The fourth-order valence-corrected chi connectivity index (χ4v) is 3.23. The van der Waals surface area contributed by atoms with E-state index in [1.807, 2.05) is 31.3 Å². The lowest BCUT2D eigenvalue weighted by molar-refractivity contribution is -0.914. The molecular weight excluding hydrogens is 357 g/mol. The molecule has 0 unspecified atom stereocenters. The highest BCUT2D eigenvalue weighted by Crippen LogP contribution is 2.29. The fraction of sp³-hybridized carbons (Fsp3) is 0.368. The first-order chi connectivity index (χ1) is 12.8. The molecule has 0 radical (unpaired) electrons. The molecule has 0 aliphatic carbocycles. The molecule has 1 aliphatic heterocycles. The Morgan fingerprint density at radius 1 is 1.15 bits per heavy atom. The second-order valence-electron chi connectivity index (χ2n) is 6.68. The molecule has 1 amide bonds. The zero-order chi connectivity index (χ0) is 19.4. The number of aromatic nitrogens is 1. The topological polar surface area (TPSA) is 50.9 Å². The number of amides is 1. The molecule has 1 aromatic carbocycles. The molecule has 144 valence electrons. The molecule has 1 aromatic heterocycles. The number of hydrogen-bond donors (Lipinski definition) is 2. The maximum absolute atomic E-state index is 12.6. The molecule has 1 atom stereocenters. The molecule has 27 heavy (non-hydrogen) atoms. The zero-order valence-electron chi connectivity index (χ0n) is 15.0. The van der Waals surface area contributed by atoms with Crippen molar-refractivity contribution in [3.05, 3.63) is 54.2 Å². The van der Waals surface area contributed by atoms with Crippen LogP contribution in [0.25, 0.3) is 0 Å². The van der Waals surface area contributed by atoms with Crippen molar-refractivity contribution in [2.45, 2.75) is 19.1 Å². The molecule has 5 nitrogen and oxygen atoms in total. The highest BCUT2D eigenvalue weighted by atomic mass is 19.4. The third-order valence-corrected chi connectivity index (χ3v) is 4.92. The van der Waals surface area contributed by atoms with Crippen LogP contribution in [0.5, 0.6) is 0 Å². The van der Waals surface area contributed by atoms with E-state index < -0.39 is 11.7 Å². The number of hydrogen-bond acceptors (Lipinski definition) is 2. The lowest BCUT2D eigenvalue weighted by atomic mass is 10.1. The number of piperazine rings is 1. The van der Waals surface area contributed by atoms with Crippen LogP contribution in [0.2, 0.25) is 0 Å². The van der Waals surface area contributed by atoms with E-state index in [4.69, 9.17) is 0 Å². The molecule has 1 aliphatic rings. The van der Waals surface area contributed by atoms with E-state index in [1.54, 1.807) is 0 Å². The van der Waals surface area contributed by atoms with Crippen LogP contribution < -0.4 is 20.1 Å². The van der Waals surface area contributed by atoms with Gasteiger partial charge in [-0.2, -0.15) is 13.2 Å². The molecule has 3 N–H and O–H groups in total. The van der Waals surface area contributed by atoms with Crippen molar-refractivity contribution in [3.63, 3.8) is 0 Å². The normalized spacial score (nSPS) is 16.8. The first-order valence-electron chi connectivity index (χ1n) is 8.89. The zero-order valence-corrected chi connectivity index (χ0v) is 15.0. The van der Waals surface area contributed by atoms with Gasteiger partial charge in [0.2, 0.25) is 0 Å². The first-order valence-corrected chi connectivity index (χ1v) is 8.89. The van der Waals surface area contributed by atoms with Crippen LogP contribution in [0.15, 0.2) is 48.7 Å². The van der Waals surface area contributed by atoms with Crippen molar-refractivity contribution < 1.29 is 27.8 Å². The van der Waals surface area contributed by atoms with E-state index in [2.05, 4.69) is 15.2 Å². The summed E-state index contributed by atoms with van der Waals surface area (Å²) >= 11 is 0. The van der Waals surface area contributed by atoms with Gasteiger partial charge in [-0.3, -0.25) is 9.69 Å². The Labute approximate surface area is 155 Å². The van der Waals surface area contributed by atoms with Gasteiger partial charge >= 0.3 is 6.18 Å². The Hall–Kier alpha value is -2.61. The Morgan fingerprint density at radius 2 is 1.81 bits per heavy atom. The fourth-order valence-electron chi connectivity index (χ4n) is 3.23. The average Bonchev–Trinajstić information content (AvgIpc) is 2.68. The van der Waals surface area contributed by atoms with E-state index in [0.717, 1.165) is 49.0 Å². The van der Waals surface area contributed by atoms with Crippen molar-refractivity contribution in [3.8, 4) is 0 Å². The van der Waals surface area contributed by atoms with Crippen molar-refractivity contribution in [2.75, 3.05) is 36.4 Å². The number of aromatic amines is 1. The van der Waals surface area contributed by atoms with Crippen molar-refractivity contribution in [2.24, 2.45) is 0 Å². The minimum absolute atomic E-state index is 0.190. The molecule has 2 heterocycles. The van der Waals surface area contributed by atoms with Gasteiger partial charge < -0.3 is 10.2 Å². The first kappa shape index (κ1) is 19.2. The van der Waals surface area contributed by atoms with Crippen LogP contribution in [0.1, 0.15) is 12.5 Å². The van der Waals surface area contributed by atoms with Gasteiger partial charge in [0.05, 0.1) is 11.8 Å². The SMILES string of the molecule is C[C@@H](C(=O)Nc1ccc(C(F)(F)F)cc1)[NH+]1CCN(c2cccc[nH+]2)CC1. The number of nitrogens with one attached hydrogen (secondary N) is 3. The number of alkyl halides is 3. The van der Waals surface area contributed by atoms with Crippen molar-refractivity contribution in [1.82, 2.24) is 0 Å². The number of H-pyrrole nitrogens is 1. The smallest absolute Gasteiger partial charge is 0.321 e.